The van der Waals surface area contributed by atoms with E-state index in [-0.39, 0.29) is 0 Å². The normalized spacial score (nSPS) is 11.7. The second-order valence-corrected chi connectivity index (χ2v) is 9.97. The van der Waals surface area contributed by atoms with E-state index in [2.05, 4.69) is 127 Å². The van der Waals surface area contributed by atoms with Gasteiger partial charge in [-0.15, -0.1) is 0 Å². The van der Waals surface area contributed by atoms with Gasteiger partial charge >= 0.3 is 0 Å². The van der Waals surface area contributed by atoms with Crippen molar-refractivity contribution in [3.8, 4) is 33.5 Å². The molecule has 0 amide bonds. The highest BCUT2D eigenvalue weighted by Gasteiger charge is 2.17. The molecule has 0 radical (unpaired) electrons. The summed E-state index contributed by atoms with van der Waals surface area (Å²) in [7, 11) is 0. The quantitative estimate of drug-likeness (QED) is 0.229. The molecule has 0 fully saturated rings. The van der Waals surface area contributed by atoms with Crippen LogP contribution in [0.25, 0.3) is 76.6 Å². The van der Waals surface area contributed by atoms with Crippen molar-refractivity contribution in [2.24, 2.45) is 0 Å². The molecule has 1 nitrogen and oxygen atoms in total. The SMILES string of the molecule is c1ccc(-c2cc(-c3ccc(-c4cccc5ccccc45)cc3)c3ccc4cccc5ccc2c3c45)nc1. The number of pyridine rings is 1. The topological polar surface area (TPSA) is 12.9 Å². The molecule has 0 aliphatic heterocycles. The molecule has 8 rings (SSSR count). The fraction of sp³-hybridized carbons (Fsp3) is 0. The maximum absolute atomic E-state index is 4.75. The van der Waals surface area contributed by atoms with Gasteiger partial charge in [-0.3, -0.25) is 4.98 Å². The molecule has 0 unspecified atom stereocenters. The maximum Gasteiger partial charge on any atom is 0.0708 e. The highest BCUT2D eigenvalue weighted by molar-refractivity contribution is 6.28. The van der Waals surface area contributed by atoms with E-state index in [1.807, 2.05) is 12.3 Å². The standard InChI is InChI=1S/C37H23N/c1-2-11-29-24(7-1)8-6-12-30(29)25-14-16-26(17-15-25)33-23-34(35-13-3-4-22-38-35)32-21-19-28-10-5-9-27-18-20-31(33)37(32)36(27)28/h1-23H. The molecule has 0 N–H and O–H groups in total. The third-order valence-corrected chi connectivity index (χ3v) is 7.88. The van der Waals surface area contributed by atoms with Gasteiger partial charge in [-0.25, -0.2) is 0 Å². The average Bonchev–Trinajstić information content (AvgIpc) is 3.00. The Balaban J connectivity index is 1.39. The predicted octanol–water partition coefficient (Wildman–Crippen LogP) is 10.1. The van der Waals surface area contributed by atoms with Crippen molar-refractivity contribution in [2.45, 2.75) is 0 Å². The second kappa shape index (κ2) is 8.26. The predicted molar refractivity (Wildman–Crippen MR) is 162 cm³/mol. The third-order valence-electron chi connectivity index (χ3n) is 7.88. The van der Waals surface area contributed by atoms with Crippen molar-refractivity contribution in [3.05, 3.63) is 140 Å². The van der Waals surface area contributed by atoms with Gasteiger partial charge in [-0.1, -0.05) is 115 Å². The Labute approximate surface area is 221 Å². The minimum atomic E-state index is 0.999. The van der Waals surface area contributed by atoms with Crippen LogP contribution in [0.1, 0.15) is 0 Å². The van der Waals surface area contributed by atoms with Crippen molar-refractivity contribution in [2.75, 3.05) is 0 Å². The van der Waals surface area contributed by atoms with E-state index in [4.69, 9.17) is 4.98 Å². The van der Waals surface area contributed by atoms with Crippen LogP contribution in [0.15, 0.2) is 140 Å². The number of aromatic nitrogens is 1. The summed E-state index contributed by atoms with van der Waals surface area (Å²) in [4.78, 5) is 4.75. The van der Waals surface area contributed by atoms with Crippen molar-refractivity contribution in [3.63, 3.8) is 0 Å². The van der Waals surface area contributed by atoms with Gasteiger partial charge < -0.3 is 0 Å². The summed E-state index contributed by atoms with van der Waals surface area (Å²) in [6, 6.07) is 48.3. The molecule has 0 spiro atoms. The molecule has 1 aromatic heterocycles. The van der Waals surface area contributed by atoms with Crippen molar-refractivity contribution in [1.82, 2.24) is 4.98 Å². The van der Waals surface area contributed by atoms with E-state index in [0.717, 1.165) is 5.69 Å². The molecular formula is C37H23N. The van der Waals surface area contributed by atoms with Gasteiger partial charge in [0.1, 0.15) is 0 Å². The fourth-order valence-electron chi connectivity index (χ4n) is 6.11. The van der Waals surface area contributed by atoms with Gasteiger partial charge in [0.2, 0.25) is 0 Å². The summed E-state index contributed by atoms with van der Waals surface area (Å²) in [5.41, 5.74) is 7.11. The Bertz CT molecular complexity index is 2080. The van der Waals surface area contributed by atoms with Gasteiger partial charge in [-0.2, -0.15) is 0 Å². The molecule has 0 atom stereocenters. The zero-order valence-electron chi connectivity index (χ0n) is 20.7. The van der Waals surface area contributed by atoms with E-state index in [1.54, 1.807) is 0 Å². The Morgan fingerprint density at radius 1 is 0.368 bits per heavy atom. The summed E-state index contributed by atoms with van der Waals surface area (Å²) in [6.45, 7) is 0. The Hall–Kier alpha value is -5.01. The molecule has 0 saturated heterocycles. The second-order valence-electron chi connectivity index (χ2n) is 9.97. The van der Waals surface area contributed by atoms with Gasteiger partial charge in [0, 0.05) is 11.8 Å². The lowest BCUT2D eigenvalue weighted by Gasteiger charge is -2.18. The minimum absolute atomic E-state index is 0.999. The van der Waals surface area contributed by atoms with Crippen molar-refractivity contribution in [1.29, 1.82) is 0 Å². The molecular weight excluding hydrogens is 458 g/mol. The van der Waals surface area contributed by atoms with Crippen LogP contribution in [0, 0.1) is 0 Å². The molecule has 0 aliphatic rings. The van der Waals surface area contributed by atoms with E-state index in [1.165, 1.54) is 70.9 Å². The van der Waals surface area contributed by atoms with Gasteiger partial charge in [0.05, 0.1) is 5.69 Å². The lowest BCUT2D eigenvalue weighted by atomic mass is 9.86. The van der Waals surface area contributed by atoms with Crippen LogP contribution in [0.5, 0.6) is 0 Å². The first-order chi connectivity index (χ1) is 18.8. The zero-order chi connectivity index (χ0) is 25.1. The highest BCUT2D eigenvalue weighted by atomic mass is 14.7. The Morgan fingerprint density at radius 3 is 1.76 bits per heavy atom. The average molecular weight is 482 g/mol. The van der Waals surface area contributed by atoms with Crippen LogP contribution in [0.4, 0.5) is 0 Å². The minimum Gasteiger partial charge on any atom is -0.256 e. The number of rotatable bonds is 3. The van der Waals surface area contributed by atoms with Crippen LogP contribution in [0.3, 0.4) is 0 Å². The molecule has 8 aromatic rings. The lowest BCUT2D eigenvalue weighted by molar-refractivity contribution is 1.33. The lowest BCUT2D eigenvalue weighted by Crippen LogP contribution is -1.92. The van der Waals surface area contributed by atoms with E-state index in [9.17, 15) is 0 Å². The molecule has 38 heavy (non-hydrogen) atoms. The number of fused-ring (bicyclic) bond motifs is 1. The summed E-state index contributed by atoms with van der Waals surface area (Å²) >= 11 is 0. The summed E-state index contributed by atoms with van der Waals surface area (Å²) < 4.78 is 0. The van der Waals surface area contributed by atoms with Crippen LogP contribution in [0.2, 0.25) is 0 Å². The van der Waals surface area contributed by atoms with Crippen LogP contribution >= 0.6 is 0 Å². The smallest absolute Gasteiger partial charge is 0.0708 e. The molecule has 7 aromatic carbocycles. The monoisotopic (exact) mass is 481 g/mol. The first kappa shape index (κ1) is 21.1. The molecule has 0 bridgehead atoms. The largest absolute Gasteiger partial charge is 0.256 e. The van der Waals surface area contributed by atoms with Crippen LogP contribution in [-0.2, 0) is 0 Å². The zero-order valence-corrected chi connectivity index (χ0v) is 20.7. The Kier molecular flexibility index (Phi) is 4.59. The van der Waals surface area contributed by atoms with Crippen LogP contribution < -0.4 is 0 Å². The number of nitrogens with zero attached hydrogens (tertiary/aromatic N) is 1. The molecule has 0 saturated carbocycles. The van der Waals surface area contributed by atoms with E-state index >= 15 is 0 Å². The number of benzene rings is 7. The third kappa shape index (κ3) is 3.16. The van der Waals surface area contributed by atoms with E-state index < -0.39 is 0 Å². The summed E-state index contributed by atoms with van der Waals surface area (Å²) in [6.07, 6.45) is 1.88. The van der Waals surface area contributed by atoms with Gasteiger partial charge in [-0.05, 0) is 83.5 Å². The van der Waals surface area contributed by atoms with Gasteiger partial charge in [0.25, 0.3) is 0 Å². The molecule has 0 aliphatic carbocycles. The Morgan fingerprint density at radius 2 is 1.00 bits per heavy atom. The summed E-state index contributed by atoms with van der Waals surface area (Å²) in [5, 5.41) is 10.3. The van der Waals surface area contributed by atoms with Crippen molar-refractivity contribution < 1.29 is 0 Å². The summed E-state index contributed by atoms with van der Waals surface area (Å²) in [5.74, 6) is 0. The molecule has 1 heterocycles. The first-order valence-electron chi connectivity index (χ1n) is 13.1. The van der Waals surface area contributed by atoms with Gasteiger partial charge in [0.15, 0.2) is 0 Å². The van der Waals surface area contributed by atoms with Crippen molar-refractivity contribution >= 4 is 43.1 Å². The van der Waals surface area contributed by atoms with E-state index in [0.29, 0.717) is 0 Å². The number of hydrogen-bond acceptors (Lipinski definition) is 1. The van der Waals surface area contributed by atoms with Crippen LogP contribution in [-0.4, -0.2) is 4.98 Å². The fourth-order valence-corrected chi connectivity index (χ4v) is 6.11. The molecule has 176 valence electrons. The molecule has 1 heteroatoms. The number of hydrogen-bond donors (Lipinski definition) is 0. The first-order valence-corrected chi connectivity index (χ1v) is 13.1. The maximum atomic E-state index is 4.75. The highest BCUT2D eigenvalue weighted by Crippen LogP contribution is 2.44.